The topological polar surface area (TPSA) is 55.3 Å². The van der Waals surface area contributed by atoms with E-state index >= 15 is 0 Å². The first-order valence-electron chi connectivity index (χ1n) is 7.68. The molecule has 0 aliphatic heterocycles. The lowest BCUT2D eigenvalue weighted by Gasteiger charge is -2.09. The fourth-order valence-corrected chi connectivity index (χ4v) is 2.41. The third-order valence-electron chi connectivity index (χ3n) is 3.39. The highest BCUT2D eigenvalue weighted by atomic mass is 35.5. The minimum absolute atomic E-state index is 0. The molecule has 0 fully saturated rings. The number of carbonyl (C=O) groups excluding carboxylic acids is 1. The molecule has 2 N–H and O–H groups in total. The lowest BCUT2D eigenvalue weighted by molar-refractivity contribution is -0.115. The van der Waals surface area contributed by atoms with Gasteiger partial charge in [-0.3, -0.25) is 4.79 Å². The highest BCUT2D eigenvalue weighted by Crippen LogP contribution is 2.21. The Hall–Kier alpha value is -1.27. The second-order valence-corrected chi connectivity index (χ2v) is 5.85. The molecule has 24 heavy (non-hydrogen) atoms. The Bertz CT molecular complexity index is 629. The SMILES string of the molecule is COCCNCC(=O)Nc1ccc2c(ccn2CC(C)C)c1.Cl.Cl. The Morgan fingerprint density at radius 1 is 1.25 bits per heavy atom. The summed E-state index contributed by atoms with van der Waals surface area (Å²) in [5.74, 6) is 0.560. The maximum Gasteiger partial charge on any atom is 0.238 e. The van der Waals surface area contributed by atoms with Crippen LogP contribution in [0.15, 0.2) is 30.5 Å². The predicted molar refractivity (Wildman–Crippen MR) is 105 cm³/mol. The third kappa shape index (κ3) is 6.69. The first-order chi connectivity index (χ1) is 10.6. The van der Waals surface area contributed by atoms with Crippen molar-refractivity contribution >= 4 is 47.3 Å². The van der Waals surface area contributed by atoms with Gasteiger partial charge in [0.05, 0.1) is 13.2 Å². The van der Waals surface area contributed by atoms with Crippen LogP contribution in [-0.2, 0) is 16.1 Å². The molecule has 0 unspecified atom stereocenters. The van der Waals surface area contributed by atoms with Crippen molar-refractivity contribution in [3.8, 4) is 0 Å². The van der Waals surface area contributed by atoms with E-state index in [9.17, 15) is 4.79 Å². The summed E-state index contributed by atoms with van der Waals surface area (Å²) in [6.45, 7) is 6.96. The molecule has 1 amide bonds. The monoisotopic (exact) mass is 375 g/mol. The quantitative estimate of drug-likeness (QED) is 0.695. The van der Waals surface area contributed by atoms with Crippen LogP contribution in [0, 0.1) is 5.92 Å². The average molecular weight is 376 g/mol. The molecule has 0 saturated heterocycles. The van der Waals surface area contributed by atoms with Crippen molar-refractivity contribution in [2.24, 2.45) is 5.92 Å². The van der Waals surface area contributed by atoms with Crippen molar-refractivity contribution in [3.05, 3.63) is 30.5 Å². The lowest BCUT2D eigenvalue weighted by atomic mass is 10.2. The second-order valence-electron chi connectivity index (χ2n) is 5.85. The van der Waals surface area contributed by atoms with E-state index in [1.54, 1.807) is 7.11 Å². The van der Waals surface area contributed by atoms with E-state index in [0.717, 1.165) is 17.6 Å². The van der Waals surface area contributed by atoms with E-state index in [1.165, 1.54) is 5.52 Å². The molecule has 0 atom stereocenters. The molecule has 0 bridgehead atoms. The van der Waals surface area contributed by atoms with Gasteiger partial charge in [0.15, 0.2) is 0 Å². The van der Waals surface area contributed by atoms with E-state index < -0.39 is 0 Å². The second kappa shape index (κ2) is 11.3. The van der Waals surface area contributed by atoms with Crippen LogP contribution in [0.3, 0.4) is 0 Å². The molecule has 0 aliphatic rings. The van der Waals surface area contributed by atoms with Crippen LogP contribution < -0.4 is 10.6 Å². The Balaban J connectivity index is 0.00000264. The van der Waals surface area contributed by atoms with Crippen LogP contribution in [0.1, 0.15) is 13.8 Å². The highest BCUT2D eigenvalue weighted by Gasteiger charge is 2.06. The largest absolute Gasteiger partial charge is 0.383 e. The van der Waals surface area contributed by atoms with Gasteiger partial charge >= 0.3 is 0 Å². The van der Waals surface area contributed by atoms with Crippen LogP contribution in [0.25, 0.3) is 10.9 Å². The number of carbonyl (C=O) groups is 1. The summed E-state index contributed by atoms with van der Waals surface area (Å²) in [5, 5.41) is 7.08. The molecule has 1 aromatic heterocycles. The molecule has 0 aliphatic carbocycles. The van der Waals surface area contributed by atoms with E-state index in [1.807, 2.05) is 12.1 Å². The Kier molecular flexibility index (Phi) is 10.7. The van der Waals surface area contributed by atoms with Gasteiger partial charge in [0.25, 0.3) is 0 Å². The Morgan fingerprint density at radius 2 is 2.00 bits per heavy atom. The number of fused-ring (bicyclic) bond motifs is 1. The van der Waals surface area contributed by atoms with Gasteiger partial charge in [0.2, 0.25) is 5.91 Å². The Morgan fingerprint density at radius 3 is 2.67 bits per heavy atom. The molecule has 0 spiro atoms. The van der Waals surface area contributed by atoms with Crippen molar-refractivity contribution < 1.29 is 9.53 Å². The maximum atomic E-state index is 11.8. The molecular weight excluding hydrogens is 349 g/mol. The number of aromatic nitrogens is 1. The fourth-order valence-electron chi connectivity index (χ4n) is 2.41. The first kappa shape index (κ1) is 22.7. The van der Waals surface area contributed by atoms with Crippen molar-refractivity contribution in [1.29, 1.82) is 0 Å². The van der Waals surface area contributed by atoms with Crippen molar-refractivity contribution in [2.75, 3.05) is 32.1 Å². The number of benzene rings is 1. The van der Waals surface area contributed by atoms with Crippen LogP contribution in [-0.4, -0.2) is 37.3 Å². The normalized spacial score (nSPS) is 10.3. The standard InChI is InChI=1S/C17H25N3O2.2ClH/c1-13(2)12-20-8-6-14-10-15(4-5-16(14)20)19-17(21)11-18-7-9-22-3;;/h4-6,8,10,13,18H,7,9,11-12H2,1-3H3,(H,19,21);2*1H. The molecular formula is C17H27Cl2N3O2. The lowest BCUT2D eigenvalue weighted by Crippen LogP contribution is -2.30. The maximum absolute atomic E-state index is 11.8. The minimum atomic E-state index is -0.0444. The molecule has 5 nitrogen and oxygen atoms in total. The van der Waals surface area contributed by atoms with E-state index in [2.05, 4.69) is 47.4 Å². The number of nitrogens with one attached hydrogen (secondary N) is 2. The summed E-state index contributed by atoms with van der Waals surface area (Å²) in [7, 11) is 1.64. The van der Waals surface area contributed by atoms with Gasteiger partial charge < -0.3 is 19.9 Å². The summed E-state index contributed by atoms with van der Waals surface area (Å²) in [5.41, 5.74) is 2.03. The van der Waals surface area contributed by atoms with Crippen LogP contribution in [0.2, 0.25) is 0 Å². The van der Waals surface area contributed by atoms with Gasteiger partial charge in [-0.25, -0.2) is 0 Å². The molecule has 2 rings (SSSR count). The predicted octanol–water partition coefficient (Wildman–Crippen LogP) is 3.32. The number of rotatable bonds is 8. The van der Waals surface area contributed by atoms with E-state index in [4.69, 9.17) is 4.74 Å². The molecule has 0 radical (unpaired) electrons. The van der Waals surface area contributed by atoms with Gasteiger partial charge in [-0.05, 0) is 30.2 Å². The number of anilines is 1. The summed E-state index contributed by atoms with van der Waals surface area (Å²) >= 11 is 0. The molecule has 2 aromatic rings. The van der Waals surface area contributed by atoms with Gasteiger partial charge in [-0.2, -0.15) is 0 Å². The molecule has 0 saturated carbocycles. The summed E-state index contributed by atoms with van der Waals surface area (Å²) in [4.78, 5) is 11.8. The highest BCUT2D eigenvalue weighted by molar-refractivity contribution is 5.95. The van der Waals surface area contributed by atoms with Crippen molar-refractivity contribution in [2.45, 2.75) is 20.4 Å². The first-order valence-corrected chi connectivity index (χ1v) is 7.68. The van der Waals surface area contributed by atoms with E-state index in [0.29, 0.717) is 19.1 Å². The fraction of sp³-hybridized carbons (Fsp3) is 0.471. The molecule has 7 heteroatoms. The summed E-state index contributed by atoms with van der Waals surface area (Å²) < 4.78 is 7.17. The van der Waals surface area contributed by atoms with Crippen LogP contribution in [0.4, 0.5) is 5.69 Å². The smallest absolute Gasteiger partial charge is 0.238 e. The number of ether oxygens (including phenoxy) is 1. The zero-order valence-electron chi connectivity index (χ0n) is 14.4. The summed E-state index contributed by atoms with van der Waals surface area (Å²) in [6.07, 6.45) is 2.10. The zero-order chi connectivity index (χ0) is 15.9. The van der Waals surface area contributed by atoms with Gasteiger partial charge in [0.1, 0.15) is 0 Å². The van der Waals surface area contributed by atoms with Gasteiger partial charge in [-0.1, -0.05) is 13.8 Å². The van der Waals surface area contributed by atoms with Crippen molar-refractivity contribution in [1.82, 2.24) is 9.88 Å². The van der Waals surface area contributed by atoms with Gasteiger partial charge in [-0.15, -0.1) is 24.8 Å². The Labute approximate surface area is 155 Å². The number of nitrogens with zero attached hydrogens (tertiary/aromatic N) is 1. The molecule has 136 valence electrons. The van der Waals surface area contributed by atoms with Crippen LogP contribution in [0.5, 0.6) is 0 Å². The van der Waals surface area contributed by atoms with E-state index in [-0.39, 0.29) is 37.3 Å². The number of hydrogen-bond acceptors (Lipinski definition) is 3. The average Bonchev–Trinajstić information content (AvgIpc) is 2.85. The number of hydrogen-bond donors (Lipinski definition) is 2. The minimum Gasteiger partial charge on any atom is -0.383 e. The van der Waals surface area contributed by atoms with Crippen molar-refractivity contribution in [3.63, 3.8) is 0 Å². The van der Waals surface area contributed by atoms with Crippen LogP contribution >= 0.6 is 24.8 Å². The number of methoxy groups -OCH3 is 1. The number of halogens is 2. The number of amides is 1. The molecule has 1 aromatic carbocycles. The zero-order valence-corrected chi connectivity index (χ0v) is 16.0. The van der Waals surface area contributed by atoms with Gasteiger partial charge in [0, 0.05) is 43.0 Å². The summed E-state index contributed by atoms with van der Waals surface area (Å²) in [6, 6.07) is 8.11. The molecule has 1 heterocycles. The third-order valence-corrected chi connectivity index (χ3v) is 3.39.